The quantitative estimate of drug-likeness (QED) is 0.907. The summed E-state index contributed by atoms with van der Waals surface area (Å²) in [5.74, 6) is 0. The van der Waals surface area contributed by atoms with Gasteiger partial charge in [-0.2, -0.15) is 0 Å². The average molecular weight is 286 g/mol. The normalized spacial score (nSPS) is 18.8. The summed E-state index contributed by atoms with van der Waals surface area (Å²) in [5.41, 5.74) is 1.24. The summed E-state index contributed by atoms with van der Waals surface area (Å²) in [7, 11) is 1.96. The standard InChI is InChI=1S/C14H20ClNOS/c1-10(16-2)11-3-4-14(13(15)9-11)18-12-5-7-17-8-6-12/h3-4,9-10,12,16H,5-8H2,1-2H3. The molecule has 1 N–H and O–H groups in total. The summed E-state index contributed by atoms with van der Waals surface area (Å²) in [4.78, 5) is 1.19. The van der Waals surface area contributed by atoms with Gasteiger partial charge in [-0.25, -0.2) is 0 Å². The Morgan fingerprint density at radius 2 is 2.11 bits per heavy atom. The Labute approximate surface area is 118 Å². The van der Waals surface area contributed by atoms with Gasteiger partial charge in [-0.05, 0) is 44.5 Å². The van der Waals surface area contributed by atoms with Gasteiger partial charge in [-0.1, -0.05) is 17.7 Å². The molecule has 0 radical (unpaired) electrons. The van der Waals surface area contributed by atoms with Crippen molar-refractivity contribution < 1.29 is 4.74 Å². The monoisotopic (exact) mass is 285 g/mol. The maximum absolute atomic E-state index is 6.37. The highest BCUT2D eigenvalue weighted by atomic mass is 35.5. The Bertz CT molecular complexity index is 393. The van der Waals surface area contributed by atoms with E-state index in [1.807, 2.05) is 18.8 Å². The molecule has 2 rings (SSSR count). The van der Waals surface area contributed by atoms with Crippen LogP contribution in [0.1, 0.15) is 31.4 Å². The zero-order valence-electron chi connectivity index (χ0n) is 10.9. The van der Waals surface area contributed by atoms with Crippen LogP contribution in [0, 0.1) is 0 Å². The van der Waals surface area contributed by atoms with Crippen LogP contribution in [-0.4, -0.2) is 25.5 Å². The van der Waals surface area contributed by atoms with Crippen molar-refractivity contribution in [2.75, 3.05) is 20.3 Å². The fourth-order valence-corrected chi connectivity index (χ4v) is 3.45. The van der Waals surface area contributed by atoms with Crippen LogP contribution in [0.25, 0.3) is 0 Å². The lowest BCUT2D eigenvalue weighted by Crippen LogP contribution is -2.17. The van der Waals surface area contributed by atoms with Crippen LogP contribution >= 0.6 is 23.4 Å². The van der Waals surface area contributed by atoms with Crippen molar-refractivity contribution in [1.82, 2.24) is 5.32 Å². The molecule has 1 aromatic carbocycles. The van der Waals surface area contributed by atoms with E-state index < -0.39 is 0 Å². The first-order chi connectivity index (χ1) is 8.70. The minimum absolute atomic E-state index is 0.338. The number of hydrogen-bond acceptors (Lipinski definition) is 3. The van der Waals surface area contributed by atoms with Gasteiger partial charge in [0.2, 0.25) is 0 Å². The number of thioether (sulfide) groups is 1. The van der Waals surface area contributed by atoms with E-state index in [0.717, 1.165) is 31.1 Å². The second kappa shape index (κ2) is 6.80. The second-order valence-electron chi connectivity index (χ2n) is 4.63. The van der Waals surface area contributed by atoms with Crippen molar-refractivity contribution in [2.24, 2.45) is 0 Å². The third-order valence-electron chi connectivity index (χ3n) is 3.35. The third-order valence-corrected chi connectivity index (χ3v) is 5.19. The molecule has 0 aliphatic carbocycles. The van der Waals surface area contributed by atoms with E-state index in [1.54, 1.807) is 0 Å². The summed E-state index contributed by atoms with van der Waals surface area (Å²) >= 11 is 8.26. The van der Waals surface area contributed by atoms with Gasteiger partial charge in [-0.3, -0.25) is 0 Å². The molecular weight excluding hydrogens is 266 g/mol. The zero-order chi connectivity index (χ0) is 13.0. The molecule has 4 heteroatoms. The van der Waals surface area contributed by atoms with Crippen LogP contribution in [0.5, 0.6) is 0 Å². The molecule has 1 atom stereocenters. The van der Waals surface area contributed by atoms with Crippen LogP contribution in [0.15, 0.2) is 23.1 Å². The van der Waals surface area contributed by atoms with Crippen molar-refractivity contribution >= 4 is 23.4 Å². The molecule has 1 fully saturated rings. The van der Waals surface area contributed by atoms with E-state index in [0.29, 0.717) is 11.3 Å². The highest BCUT2D eigenvalue weighted by Crippen LogP contribution is 2.35. The number of nitrogens with one attached hydrogen (secondary N) is 1. The van der Waals surface area contributed by atoms with E-state index in [9.17, 15) is 0 Å². The number of benzene rings is 1. The number of halogens is 1. The van der Waals surface area contributed by atoms with Crippen molar-refractivity contribution in [3.63, 3.8) is 0 Å². The summed E-state index contributed by atoms with van der Waals surface area (Å²) < 4.78 is 5.38. The number of hydrogen-bond donors (Lipinski definition) is 1. The molecule has 100 valence electrons. The molecule has 1 aliphatic rings. The van der Waals surface area contributed by atoms with E-state index >= 15 is 0 Å². The highest BCUT2D eigenvalue weighted by Gasteiger charge is 2.16. The Balaban J connectivity index is 2.04. The van der Waals surface area contributed by atoms with Crippen LogP contribution in [0.3, 0.4) is 0 Å². The molecular formula is C14H20ClNOS. The number of rotatable bonds is 4. The molecule has 1 unspecified atom stereocenters. The Hall–Kier alpha value is -0.220. The van der Waals surface area contributed by atoms with E-state index in [2.05, 4.69) is 30.4 Å². The van der Waals surface area contributed by atoms with Crippen molar-refractivity contribution in [3.8, 4) is 0 Å². The van der Waals surface area contributed by atoms with Gasteiger partial charge in [0.1, 0.15) is 0 Å². The first-order valence-electron chi connectivity index (χ1n) is 6.42. The molecule has 0 saturated carbocycles. The Morgan fingerprint density at radius 3 is 2.72 bits per heavy atom. The molecule has 1 aliphatic heterocycles. The molecule has 2 nitrogen and oxygen atoms in total. The minimum Gasteiger partial charge on any atom is -0.381 e. The van der Waals surface area contributed by atoms with Crippen LogP contribution < -0.4 is 5.32 Å². The predicted octanol–water partition coefficient (Wildman–Crippen LogP) is 3.89. The Kier molecular flexibility index (Phi) is 5.37. The fraction of sp³-hybridized carbons (Fsp3) is 0.571. The van der Waals surface area contributed by atoms with Crippen LogP contribution in [0.2, 0.25) is 5.02 Å². The fourth-order valence-electron chi connectivity index (χ4n) is 2.02. The maximum atomic E-state index is 6.37. The molecule has 0 amide bonds. The largest absolute Gasteiger partial charge is 0.381 e. The van der Waals surface area contributed by atoms with Gasteiger partial charge in [0, 0.05) is 29.4 Å². The van der Waals surface area contributed by atoms with E-state index in [1.165, 1.54) is 10.5 Å². The molecule has 1 aromatic rings. The van der Waals surface area contributed by atoms with E-state index in [4.69, 9.17) is 16.3 Å². The van der Waals surface area contributed by atoms with Crippen molar-refractivity contribution in [3.05, 3.63) is 28.8 Å². The summed E-state index contributed by atoms with van der Waals surface area (Å²) in [6.07, 6.45) is 2.24. The van der Waals surface area contributed by atoms with E-state index in [-0.39, 0.29) is 0 Å². The highest BCUT2D eigenvalue weighted by molar-refractivity contribution is 8.00. The first-order valence-corrected chi connectivity index (χ1v) is 7.67. The van der Waals surface area contributed by atoms with Gasteiger partial charge < -0.3 is 10.1 Å². The van der Waals surface area contributed by atoms with Crippen molar-refractivity contribution in [2.45, 2.75) is 36.0 Å². The molecule has 0 aromatic heterocycles. The molecule has 0 bridgehead atoms. The maximum Gasteiger partial charge on any atom is 0.0545 e. The molecule has 1 heterocycles. The minimum atomic E-state index is 0.338. The Morgan fingerprint density at radius 1 is 1.39 bits per heavy atom. The van der Waals surface area contributed by atoms with Crippen molar-refractivity contribution in [1.29, 1.82) is 0 Å². The van der Waals surface area contributed by atoms with Gasteiger partial charge >= 0.3 is 0 Å². The van der Waals surface area contributed by atoms with Gasteiger partial charge in [0.25, 0.3) is 0 Å². The van der Waals surface area contributed by atoms with Gasteiger partial charge in [0.05, 0.1) is 5.02 Å². The molecule has 1 saturated heterocycles. The molecule has 0 spiro atoms. The predicted molar refractivity (Wildman–Crippen MR) is 78.6 cm³/mol. The summed E-state index contributed by atoms with van der Waals surface area (Å²) in [6, 6.07) is 6.72. The second-order valence-corrected chi connectivity index (χ2v) is 6.38. The third kappa shape index (κ3) is 3.64. The summed E-state index contributed by atoms with van der Waals surface area (Å²) in [5, 5.41) is 4.74. The smallest absolute Gasteiger partial charge is 0.0545 e. The van der Waals surface area contributed by atoms with Gasteiger partial charge in [-0.15, -0.1) is 11.8 Å². The lowest BCUT2D eigenvalue weighted by molar-refractivity contribution is 0.100. The topological polar surface area (TPSA) is 21.3 Å². The molecule has 18 heavy (non-hydrogen) atoms. The zero-order valence-corrected chi connectivity index (χ0v) is 12.5. The van der Waals surface area contributed by atoms with Crippen LogP contribution in [0.4, 0.5) is 0 Å². The summed E-state index contributed by atoms with van der Waals surface area (Å²) in [6.45, 7) is 3.89. The van der Waals surface area contributed by atoms with Crippen LogP contribution in [-0.2, 0) is 4.74 Å². The first kappa shape index (κ1) is 14.2. The lowest BCUT2D eigenvalue weighted by atomic mass is 10.1. The van der Waals surface area contributed by atoms with Gasteiger partial charge in [0.15, 0.2) is 0 Å². The lowest BCUT2D eigenvalue weighted by Gasteiger charge is -2.22. The SMILES string of the molecule is CNC(C)c1ccc(SC2CCOCC2)c(Cl)c1. The average Bonchev–Trinajstić information content (AvgIpc) is 2.41. The number of ether oxygens (including phenoxy) is 1.